The van der Waals surface area contributed by atoms with E-state index in [9.17, 15) is 0 Å². The molecular formula is C18H28N2O. The van der Waals surface area contributed by atoms with E-state index in [0.717, 1.165) is 31.8 Å². The average molecular weight is 288 g/mol. The lowest BCUT2D eigenvalue weighted by molar-refractivity contribution is -0.0170. The largest absolute Gasteiger partial charge is 0.375 e. The number of hydrogen-bond donors (Lipinski definition) is 0. The topological polar surface area (TPSA) is 15.7 Å². The highest BCUT2D eigenvalue weighted by molar-refractivity contribution is 5.13. The van der Waals surface area contributed by atoms with E-state index < -0.39 is 0 Å². The van der Waals surface area contributed by atoms with Gasteiger partial charge >= 0.3 is 0 Å². The van der Waals surface area contributed by atoms with Crippen molar-refractivity contribution in [3.05, 3.63) is 35.9 Å². The third-order valence-corrected chi connectivity index (χ3v) is 4.92. The van der Waals surface area contributed by atoms with E-state index in [1.165, 1.54) is 44.5 Å². The van der Waals surface area contributed by atoms with Crippen LogP contribution in [0.5, 0.6) is 0 Å². The van der Waals surface area contributed by atoms with Crippen LogP contribution in [0.4, 0.5) is 0 Å². The minimum absolute atomic E-state index is 0.737. The summed E-state index contributed by atoms with van der Waals surface area (Å²) in [6, 6.07) is 12.0. The van der Waals surface area contributed by atoms with Crippen LogP contribution in [-0.4, -0.2) is 54.7 Å². The maximum atomic E-state index is 5.77. The quantitative estimate of drug-likeness (QED) is 0.749. The zero-order chi connectivity index (χ0) is 14.5. The molecular weight excluding hydrogens is 260 g/mol. The Labute approximate surface area is 128 Å². The maximum Gasteiger partial charge on any atom is 0.0717 e. The van der Waals surface area contributed by atoms with Crippen molar-refractivity contribution in [1.29, 1.82) is 0 Å². The number of ether oxygens (including phenoxy) is 1. The summed E-state index contributed by atoms with van der Waals surface area (Å²) < 4.78 is 5.77. The molecule has 0 bridgehead atoms. The SMILES string of the molecule is C[C@H]1CCCCN1C1CN(CCOCc2ccccc2)C1. The van der Waals surface area contributed by atoms with Crippen LogP contribution in [0.2, 0.25) is 0 Å². The molecule has 21 heavy (non-hydrogen) atoms. The minimum Gasteiger partial charge on any atom is -0.375 e. The van der Waals surface area contributed by atoms with E-state index in [0.29, 0.717) is 0 Å². The summed E-state index contributed by atoms with van der Waals surface area (Å²) in [5.74, 6) is 0. The number of nitrogens with zero attached hydrogens (tertiary/aromatic N) is 2. The monoisotopic (exact) mass is 288 g/mol. The van der Waals surface area contributed by atoms with Crippen LogP contribution in [0.3, 0.4) is 0 Å². The molecule has 3 heteroatoms. The Kier molecular flexibility index (Phi) is 5.28. The lowest BCUT2D eigenvalue weighted by Crippen LogP contribution is -2.62. The Morgan fingerprint density at radius 3 is 2.71 bits per heavy atom. The van der Waals surface area contributed by atoms with Gasteiger partial charge in [0.25, 0.3) is 0 Å². The highest BCUT2D eigenvalue weighted by Gasteiger charge is 2.34. The predicted molar refractivity (Wildman–Crippen MR) is 86.3 cm³/mol. The fourth-order valence-electron chi connectivity index (χ4n) is 3.56. The fourth-order valence-corrected chi connectivity index (χ4v) is 3.56. The first-order valence-electron chi connectivity index (χ1n) is 8.42. The second-order valence-electron chi connectivity index (χ2n) is 6.53. The third-order valence-electron chi connectivity index (χ3n) is 4.92. The van der Waals surface area contributed by atoms with Gasteiger partial charge in [-0.1, -0.05) is 36.8 Å². The second-order valence-corrected chi connectivity index (χ2v) is 6.53. The Morgan fingerprint density at radius 2 is 1.95 bits per heavy atom. The lowest BCUT2D eigenvalue weighted by Gasteiger charge is -2.49. The van der Waals surface area contributed by atoms with Crippen LogP contribution in [0, 0.1) is 0 Å². The van der Waals surface area contributed by atoms with Crippen LogP contribution in [-0.2, 0) is 11.3 Å². The van der Waals surface area contributed by atoms with E-state index in [4.69, 9.17) is 4.74 Å². The van der Waals surface area contributed by atoms with Crippen molar-refractivity contribution in [2.75, 3.05) is 32.8 Å². The van der Waals surface area contributed by atoms with Crippen LogP contribution in [0.1, 0.15) is 31.7 Å². The summed E-state index contributed by atoms with van der Waals surface area (Å²) in [4.78, 5) is 5.25. The molecule has 0 N–H and O–H groups in total. The zero-order valence-corrected chi connectivity index (χ0v) is 13.2. The van der Waals surface area contributed by atoms with Crippen LogP contribution in [0.15, 0.2) is 30.3 Å². The van der Waals surface area contributed by atoms with Gasteiger partial charge in [0.1, 0.15) is 0 Å². The van der Waals surface area contributed by atoms with Gasteiger partial charge in [-0.15, -0.1) is 0 Å². The molecule has 2 heterocycles. The number of likely N-dealkylation sites (tertiary alicyclic amines) is 2. The molecule has 2 fully saturated rings. The molecule has 3 nitrogen and oxygen atoms in total. The van der Waals surface area contributed by atoms with Crippen LogP contribution < -0.4 is 0 Å². The van der Waals surface area contributed by atoms with Crippen molar-refractivity contribution in [1.82, 2.24) is 9.80 Å². The van der Waals surface area contributed by atoms with Gasteiger partial charge in [0.15, 0.2) is 0 Å². The highest BCUT2D eigenvalue weighted by atomic mass is 16.5. The molecule has 0 amide bonds. The maximum absolute atomic E-state index is 5.77. The first-order valence-corrected chi connectivity index (χ1v) is 8.42. The molecule has 0 radical (unpaired) electrons. The Hall–Kier alpha value is -0.900. The summed E-state index contributed by atoms with van der Waals surface area (Å²) >= 11 is 0. The van der Waals surface area contributed by atoms with Crippen molar-refractivity contribution in [2.24, 2.45) is 0 Å². The third kappa shape index (κ3) is 4.06. The normalized spacial score (nSPS) is 24.9. The van der Waals surface area contributed by atoms with E-state index >= 15 is 0 Å². The smallest absolute Gasteiger partial charge is 0.0717 e. The Bertz CT molecular complexity index is 416. The van der Waals surface area contributed by atoms with Gasteiger partial charge in [-0.2, -0.15) is 0 Å². The molecule has 1 aromatic rings. The first-order chi connectivity index (χ1) is 10.3. The van der Waals surface area contributed by atoms with Gasteiger partial charge in [-0.3, -0.25) is 9.80 Å². The van der Waals surface area contributed by atoms with Crippen molar-refractivity contribution in [3.63, 3.8) is 0 Å². The van der Waals surface area contributed by atoms with Gasteiger partial charge in [-0.05, 0) is 31.9 Å². The zero-order valence-electron chi connectivity index (χ0n) is 13.2. The summed E-state index contributed by atoms with van der Waals surface area (Å²) in [6.07, 6.45) is 4.19. The number of piperidine rings is 1. The standard InChI is InChI=1S/C18H28N2O/c1-16-7-5-6-10-20(16)18-13-19(14-18)11-12-21-15-17-8-3-2-4-9-17/h2-4,8-9,16,18H,5-7,10-15H2,1H3/t16-/m0/s1. The number of benzene rings is 1. The van der Waals surface area contributed by atoms with E-state index in [1.807, 2.05) is 6.07 Å². The van der Waals surface area contributed by atoms with Gasteiger partial charge in [0.05, 0.1) is 13.2 Å². The van der Waals surface area contributed by atoms with Crippen LogP contribution >= 0.6 is 0 Å². The fraction of sp³-hybridized carbons (Fsp3) is 0.667. The van der Waals surface area contributed by atoms with Gasteiger partial charge in [0, 0.05) is 31.7 Å². The molecule has 0 unspecified atom stereocenters. The van der Waals surface area contributed by atoms with Crippen molar-refractivity contribution in [2.45, 2.75) is 44.9 Å². The van der Waals surface area contributed by atoms with E-state index in [1.54, 1.807) is 0 Å². The predicted octanol–water partition coefficient (Wildman–Crippen LogP) is 2.76. The molecule has 0 spiro atoms. The van der Waals surface area contributed by atoms with E-state index in [-0.39, 0.29) is 0 Å². The molecule has 0 aromatic heterocycles. The molecule has 1 aromatic carbocycles. The second kappa shape index (κ2) is 7.39. The summed E-state index contributed by atoms with van der Waals surface area (Å²) in [5, 5.41) is 0. The first kappa shape index (κ1) is 15.0. The van der Waals surface area contributed by atoms with Crippen molar-refractivity contribution < 1.29 is 4.74 Å². The molecule has 2 aliphatic rings. The lowest BCUT2D eigenvalue weighted by atomic mass is 9.97. The highest BCUT2D eigenvalue weighted by Crippen LogP contribution is 2.24. The molecule has 1 atom stereocenters. The summed E-state index contributed by atoms with van der Waals surface area (Å²) in [7, 11) is 0. The molecule has 116 valence electrons. The molecule has 2 saturated heterocycles. The van der Waals surface area contributed by atoms with Crippen LogP contribution in [0.25, 0.3) is 0 Å². The Balaban J connectivity index is 1.29. The van der Waals surface area contributed by atoms with E-state index in [2.05, 4.69) is 41.0 Å². The molecule has 0 saturated carbocycles. The van der Waals surface area contributed by atoms with Gasteiger partial charge < -0.3 is 4.74 Å². The summed E-state index contributed by atoms with van der Waals surface area (Å²) in [5.41, 5.74) is 1.26. The van der Waals surface area contributed by atoms with Crippen molar-refractivity contribution in [3.8, 4) is 0 Å². The molecule has 3 rings (SSSR count). The Morgan fingerprint density at radius 1 is 1.14 bits per heavy atom. The molecule has 2 aliphatic heterocycles. The average Bonchev–Trinajstić information content (AvgIpc) is 2.47. The summed E-state index contributed by atoms with van der Waals surface area (Å²) in [6.45, 7) is 8.83. The van der Waals surface area contributed by atoms with Gasteiger partial charge in [-0.25, -0.2) is 0 Å². The number of rotatable bonds is 6. The van der Waals surface area contributed by atoms with Gasteiger partial charge in [0.2, 0.25) is 0 Å². The van der Waals surface area contributed by atoms with Crippen molar-refractivity contribution >= 4 is 0 Å². The number of hydrogen-bond acceptors (Lipinski definition) is 3. The minimum atomic E-state index is 0.737. The molecule has 0 aliphatic carbocycles.